The monoisotopic (exact) mass is 232 g/mol. The molecule has 1 aliphatic carbocycles. The summed E-state index contributed by atoms with van der Waals surface area (Å²) in [6.07, 6.45) is 11.2. The van der Waals surface area contributed by atoms with Crippen molar-refractivity contribution in [3.05, 3.63) is 35.4 Å². The van der Waals surface area contributed by atoms with E-state index in [-0.39, 0.29) is 0 Å². The van der Waals surface area contributed by atoms with Gasteiger partial charge in [-0.3, -0.25) is 0 Å². The number of halogens is 2. The highest BCUT2D eigenvalue weighted by Gasteiger charge is 2.02. The molecule has 78 valence electrons. The smallest absolute Gasteiger partial charge is 0.0648 e. The van der Waals surface area contributed by atoms with Crippen molar-refractivity contribution in [2.45, 2.75) is 6.42 Å². The first kappa shape index (κ1) is 11.8. The van der Waals surface area contributed by atoms with Crippen molar-refractivity contribution in [2.24, 2.45) is 5.92 Å². The molecule has 0 N–H and O–H groups in total. The molecule has 0 aromatic rings. The molecular weight excluding hydrogens is 219 g/mol. The summed E-state index contributed by atoms with van der Waals surface area (Å²) in [7, 11) is 0. The summed E-state index contributed by atoms with van der Waals surface area (Å²) in [5, 5.41) is 0.827. The van der Waals surface area contributed by atoms with Crippen LogP contribution in [-0.2, 0) is 4.74 Å². The first-order chi connectivity index (χ1) is 6.83. The van der Waals surface area contributed by atoms with Crippen LogP contribution in [0.3, 0.4) is 0 Å². The van der Waals surface area contributed by atoms with Gasteiger partial charge in [-0.15, -0.1) is 11.6 Å². The van der Waals surface area contributed by atoms with Gasteiger partial charge in [-0.25, -0.2) is 0 Å². The third-order valence-electron chi connectivity index (χ3n) is 1.91. The topological polar surface area (TPSA) is 9.23 Å². The van der Waals surface area contributed by atoms with E-state index >= 15 is 0 Å². The molecule has 0 radical (unpaired) electrons. The van der Waals surface area contributed by atoms with E-state index in [0.717, 1.165) is 11.5 Å². The summed E-state index contributed by atoms with van der Waals surface area (Å²) in [6, 6.07) is 0. The van der Waals surface area contributed by atoms with Crippen LogP contribution in [0.4, 0.5) is 0 Å². The lowest BCUT2D eigenvalue weighted by Crippen LogP contribution is -1.97. The number of ether oxygens (including phenoxy) is 1. The molecule has 1 unspecified atom stereocenters. The van der Waals surface area contributed by atoms with Crippen LogP contribution in [0.2, 0.25) is 0 Å². The number of hydrogen-bond donors (Lipinski definition) is 0. The van der Waals surface area contributed by atoms with Gasteiger partial charge in [-0.2, -0.15) is 0 Å². The van der Waals surface area contributed by atoms with Crippen LogP contribution < -0.4 is 0 Å². The maximum absolute atomic E-state index is 5.80. The minimum absolute atomic E-state index is 0.456. The van der Waals surface area contributed by atoms with E-state index in [1.165, 1.54) is 0 Å². The average molecular weight is 233 g/mol. The lowest BCUT2D eigenvalue weighted by molar-refractivity contribution is 0.179. The van der Waals surface area contributed by atoms with Gasteiger partial charge in [-0.1, -0.05) is 35.9 Å². The van der Waals surface area contributed by atoms with Crippen molar-refractivity contribution in [3.63, 3.8) is 0 Å². The molecule has 0 saturated heterocycles. The zero-order valence-electron chi connectivity index (χ0n) is 7.96. The number of allylic oxidation sites excluding steroid dienone is 5. The van der Waals surface area contributed by atoms with Crippen molar-refractivity contribution < 1.29 is 4.74 Å². The maximum atomic E-state index is 5.80. The Balaban J connectivity index is 2.16. The first-order valence-electron chi connectivity index (χ1n) is 4.67. The van der Waals surface area contributed by atoms with E-state index in [1.54, 1.807) is 0 Å². The fraction of sp³-hybridized carbons (Fsp3) is 0.455. The second-order valence-corrected chi connectivity index (χ2v) is 3.85. The normalized spacial score (nSPS) is 21.6. The molecule has 1 rings (SSSR count). The van der Waals surface area contributed by atoms with Gasteiger partial charge in [0.15, 0.2) is 0 Å². The Bertz CT molecular complexity index is 244. The summed E-state index contributed by atoms with van der Waals surface area (Å²) < 4.78 is 5.21. The lowest BCUT2D eigenvalue weighted by atomic mass is 10.0. The van der Waals surface area contributed by atoms with Gasteiger partial charge in [-0.05, 0) is 18.4 Å². The largest absolute Gasteiger partial charge is 0.376 e. The highest BCUT2D eigenvalue weighted by Crippen LogP contribution is 2.19. The Labute approximate surface area is 95.0 Å². The summed E-state index contributed by atoms with van der Waals surface area (Å²) in [4.78, 5) is 0. The molecule has 1 aliphatic rings. The van der Waals surface area contributed by atoms with E-state index in [1.807, 2.05) is 18.2 Å². The predicted octanol–water partition coefficient (Wildman–Crippen LogP) is 3.50. The predicted molar refractivity (Wildman–Crippen MR) is 61.9 cm³/mol. The second-order valence-electron chi connectivity index (χ2n) is 3.04. The standard InChI is InChI=1S/C11H14Cl2O/c12-7-9-14-8-1-2-10-3-5-11(13)6-4-10/h1-3,5-6,10H,4,7-9H2. The Morgan fingerprint density at radius 1 is 1.57 bits per heavy atom. The molecule has 1 nitrogen and oxygen atoms in total. The molecule has 0 aliphatic heterocycles. The van der Waals surface area contributed by atoms with E-state index in [4.69, 9.17) is 27.9 Å². The number of hydrogen-bond acceptors (Lipinski definition) is 1. The SMILES string of the molecule is ClCCOCC=CC1C=CC(Cl)=CC1. The van der Waals surface area contributed by atoms with Gasteiger partial charge >= 0.3 is 0 Å². The van der Waals surface area contributed by atoms with Crippen molar-refractivity contribution >= 4 is 23.2 Å². The molecular formula is C11H14Cl2O. The summed E-state index contributed by atoms with van der Waals surface area (Å²) in [6.45, 7) is 1.24. The zero-order chi connectivity index (χ0) is 10.2. The molecule has 0 fully saturated rings. The minimum atomic E-state index is 0.456. The Hall–Kier alpha value is -0.240. The molecule has 0 aromatic carbocycles. The zero-order valence-corrected chi connectivity index (χ0v) is 9.47. The minimum Gasteiger partial charge on any atom is -0.376 e. The highest BCUT2D eigenvalue weighted by atomic mass is 35.5. The van der Waals surface area contributed by atoms with Gasteiger partial charge in [0.05, 0.1) is 13.2 Å². The maximum Gasteiger partial charge on any atom is 0.0648 e. The molecule has 0 spiro atoms. The molecule has 1 atom stereocenters. The van der Waals surface area contributed by atoms with Crippen LogP contribution in [0, 0.1) is 5.92 Å². The van der Waals surface area contributed by atoms with Crippen LogP contribution in [-0.4, -0.2) is 19.1 Å². The third kappa shape index (κ3) is 4.85. The fourth-order valence-electron chi connectivity index (χ4n) is 1.19. The van der Waals surface area contributed by atoms with Crippen LogP contribution in [0.25, 0.3) is 0 Å². The fourth-order valence-corrected chi connectivity index (χ4v) is 1.46. The molecule has 3 heteroatoms. The van der Waals surface area contributed by atoms with Gasteiger partial charge in [0.2, 0.25) is 0 Å². The number of alkyl halides is 1. The van der Waals surface area contributed by atoms with E-state index in [9.17, 15) is 0 Å². The van der Waals surface area contributed by atoms with Crippen LogP contribution in [0.15, 0.2) is 35.4 Å². The number of rotatable bonds is 5. The summed E-state index contributed by atoms with van der Waals surface area (Å²) in [5.74, 6) is 1.01. The van der Waals surface area contributed by atoms with E-state index in [2.05, 4.69) is 12.2 Å². The van der Waals surface area contributed by atoms with E-state index < -0.39 is 0 Å². The highest BCUT2D eigenvalue weighted by molar-refractivity contribution is 6.31. The van der Waals surface area contributed by atoms with Gasteiger partial charge < -0.3 is 4.74 Å². The summed E-state index contributed by atoms with van der Waals surface area (Å²) in [5.41, 5.74) is 0. The van der Waals surface area contributed by atoms with Gasteiger partial charge in [0.25, 0.3) is 0 Å². The lowest BCUT2D eigenvalue weighted by Gasteiger charge is -2.08. The Morgan fingerprint density at radius 3 is 3.07 bits per heavy atom. The third-order valence-corrected chi connectivity index (χ3v) is 2.34. The molecule has 0 amide bonds. The first-order valence-corrected chi connectivity index (χ1v) is 5.58. The molecule has 0 saturated carbocycles. The molecule has 0 aromatic heterocycles. The van der Waals surface area contributed by atoms with Gasteiger partial charge in [0.1, 0.15) is 0 Å². The van der Waals surface area contributed by atoms with Crippen LogP contribution >= 0.6 is 23.2 Å². The second kappa shape index (κ2) is 7.10. The van der Waals surface area contributed by atoms with E-state index in [0.29, 0.717) is 25.0 Å². The van der Waals surface area contributed by atoms with Crippen molar-refractivity contribution in [3.8, 4) is 0 Å². The average Bonchev–Trinajstić information content (AvgIpc) is 2.21. The Morgan fingerprint density at radius 2 is 2.43 bits per heavy atom. The molecule has 0 heterocycles. The van der Waals surface area contributed by atoms with Crippen molar-refractivity contribution in [1.29, 1.82) is 0 Å². The molecule has 0 bridgehead atoms. The molecule has 14 heavy (non-hydrogen) atoms. The van der Waals surface area contributed by atoms with Crippen molar-refractivity contribution in [1.82, 2.24) is 0 Å². The quantitative estimate of drug-likeness (QED) is 0.401. The van der Waals surface area contributed by atoms with Crippen molar-refractivity contribution in [2.75, 3.05) is 19.1 Å². The van der Waals surface area contributed by atoms with Crippen LogP contribution in [0.5, 0.6) is 0 Å². The summed E-state index contributed by atoms with van der Waals surface area (Å²) >= 11 is 11.3. The van der Waals surface area contributed by atoms with Crippen LogP contribution in [0.1, 0.15) is 6.42 Å². The Kier molecular flexibility index (Phi) is 6.00. The van der Waals surface area contributed by atoms with Gasteiger partial charge in [0, 0.05) is 10.9 Å².